The second kappa shape index (κ2) is 6.68. The van der Waals surface area contributed by atoms with Crippen LogP contribution in [0.15, 0.2) is 0 Å². The number of hydrogen-bond acceptors (Lipinski definition) is 3. The number of nitrogens with one attached hydrogen (secondary N) is 1. The van der Waals surface area contributed by atoms with Gasteiger partial charge in [-0.1, -0.05) is 0 Å². The molecule has 0 aromatic rings. The van der Waals surface area contributed by atoms with Crippen LogP contribution in [0, 0.1) is 5.92 Å². The number of piperidine rings is 1. The fraction of sp³-hybridized carbons (Fsp3) is 1.00. The first-order valence-corrected chi connectivity index (χ1v) is 6.60. The molecule has 0 aromatic carbocycles. The Balaban J connectivity index is 2.07. The summed E-state index contributed by atoms with van der Waals surface area (Å²) in [5, 5.41) is 3.46. The van der Waals surface area contributed by atoms with E-state index < -0.39 is 0 Å². The maximum Gasteiger partial charge on any atom is 0.00693 e. The summed E-state index contributed by atoms with van der Waals surface area (Å²) in [6.07, 6.45) is 4.95. The molecule has 1 fully saturated rings. The van der Waals surface area contributed by atoms with Crippen LogP contribution in [0.4, 0.5) is 0 Å². The van der Waals surface area contributed by atoms with Gasteiger partial charge in [0.05, 0.1) is 0 Å². The SMILES string of the molecule is CSCCN(C)CC1CCCNC1. The summed E-state index contributed by atoms with van der Waals surface area (Å²) in [4.78, 5) is 2.47. The van der Waals surface area contributed by atoms with E-state index in [2.05, 4.69) is 23.5 Å². The first-order chi connectivity index (χ1) is 6.33. The Morgan fingerprint density at radius 3 is 3.00 bits per heavy atom. The Morgan fingerprint density at radius 1 is 1.54 bits per heavy atom. The van der Waals surface area contributed by atoms with Crippen molar-refractivity contribution in [2.75, 3.05) is 45.2 Å². The molecule has 2 nitrogen and oxygen atoms in total. The maximum atomic E-state index is 3.46. The van der Waals surface area contributed by atoms with Gasteiger partial charge in [0.1, 0.15) is 0 Å². The van der Waals surface area contributed by atoms with Crippen LogP contribution in [0.5, 0.6) is 0 Å². The molecule has 1 aliphatic rings. The zero-order valence-corrected chi connectivity index (χ0v) is 9.70. The molecule has 0 bridgehead atoms. The molecule has 1 N–H and O–H groups in total. The second-order valence-corrected chi connectivity index (χ2v) is 4.95. The van der Waals surface area contributed by atoms with Crippen LogP contribution in [0.2, 0.25) is 0 Å². The third-order valence-corrected chi connectivity index (χ3v) is 3.24. The van der Waals surface area contributed by atoms with Crippen molar-refractivity contribution in [3.63, 3.8) is 0 Å². The smallest absolute Gasteiger partial charge is 0.00693 e. The molecular weight excluding hydrogens is 180 g/mol. The molecule has 1 rings (SSSR count). The molecule has 1 atom stereocenters. The van der Waals surface area contributed by atoms with Gasteiger partial charge in [0.25, 0.3) is 0 Å². The molecule has 0 spiro atoms. The van der Waals surface area contributed by atoms with Gasteiger partial charge in [-0.25, -0.2) is 0 Å². The molecular formula is C10H22N2S. The van der Waals surface area contributed by atoms with E-state index in [4.69, 9.17) is 0 Å². The molecule has 78 valence electrons. The second-order valence-electron chi connectivity index (χ2n) is 3.97. The van der Waals surface area contributed by atoms with Crippen molar-refractivity contribution in [1.29, 1.82) is 0 Å². The van der Waals surface area contributed by atoms with Crippen LogP contribution in [-0.2, 0) is 0 Å². The highest BCUT2D eigenvalue weighted by atomic mass is 32.2. The first kappa shape index (κ1) is 11.3. The fourth-order valence-corrected chi connectivity index (χ4v) is 2.35. The molecule has 0 aliphatic carbocycles. The zero-order valence-electron chi connectivity index (χ0n) is 8.88. The summed E-state index contributed by atoms with van der Waals surface area (Å²) >= 11 is 1.93. The van der Waals surface area contributed by atoms with Crippen molar-refractivity contribution in [3.8, 4) is 0 Å². The minimum atomic E-state index is 0.889. The Hall–Kier alpha value is 0.270. The Kier molecular flexibility index (Phi) is 5.83. The number of nitrogens with zero attached hydrogens (tertiary/aromatic N) is 1. The molecule has 1 unspecified atom stereocenters. The summed E-state index contributed by atoms with van der Waals surface area (Å²) < 4.78 is 0. The summed E-state index contributed by atoms with van der Waals surface area (Å²) in [6, 6.07) is 0. The molecule has 13 heavy (non-hydrogen) atoms. The molecule has 1 aliphatic heterocycles. The highest BCUT2D eigenvalue weighted by molar-refractivity contribution is 7.98. The van der Waals surface area contributed by atoms with E-state index in [-0.39, 0.29) is 0 Å². The van der Waals surface area contributed by atoms with E-state index in [1.165, 1.54) is 44.8 Å². The van der Waals surface area contributed by atoms with E-state index in [9.17, 15) is 0 Å². The van der Waals surface area contributed by atoms with Crippen LogP contribution in [-0.4, -0.2) is 50.1 Å². The minimum Gasteiger partial charge on any atom is -0.316 e. The van der Waals surface area contributed by atoms with E-state index in [0.29, 0.717) is 0 Å². The van der Waals surface area contributed by atoms with Gasteiger partial charge >= 0.3 is 0 Å². The average molecular weight is 202 g/mol. The summed E-state index contributed by atoms with van der Waals surface area (Å²) in [5.74, 6) is 2.15. The van der Waals surface area contributed by atoms with Crippen molar-refractivity contribution in [1.82, 2.24) is 10.2 Å². The standard InChI is InChI=1S/C10H22N2S/c1-12(6-7-13-2)9-10-4-3-5-11-8-10/h10-11H,3-9H2,1-2H3. The molecule has 0 radical (unpaired) electrons. The molecule has 0 saturated carbocycles. The molecule has 3 heteroatoms. The van der Waals surface area contributed by atoms with Crippen LogP contribution in [0.25, 0.3) is 0 Å². The predicted molar refractivity (Wildman–Crippen MR) is 61.5 cm³/mol. The first-order valence-electron chi connectivity index (χ1n) is 5.21. The van der Waals surface area contributed by atoms with E-state index in [1.807, 2.05) is 11.8 Å². The minimum absolute atomic E-state index is 0.889. The summed E-state index contributed by atoms with van der Waals surface area (Å²) in [7, 11) is 2.24. The van der Waals surface area contributed by atoms with Gasteiger partial charge in [-0.3, -0.25) is 0 Å². The highest BCUT2D eigenvalue weighted by Gasteiger charge is 2.14. The zero-order chi connectivity index (χ0) is 9.52. The largest absolute Gasteiger partial charge is 0.316 e. The van der Waals surface area contributed by atoms with E-state index >= 15 is 0 Å². The Morgan fingerprint density at radius 2 is 2.38 bits per heavy atom. The number of thioether (sulfide) groups is 1. The lowest BCUT2D eigenvalue weighted by Crippen LogP contribution is -2.37. The molecule has 0 amide bonds. The highest BCUT2D eigenvalue weighted by Crippen LogP contribution is 2.10. The monoisotopic (exact) mass is 202 g/mol. The van der Waals surface area contributed by atoms with Crippen molar-refractivity contribution in [3.05, 3.63) is 0 Å². The predicted octanol–water partition coefficient (Wildman–Crippen LogP) is 1.28. The van der Waals surface area contributed by atoms with Crippen LogP contribution in [0.3, 0.4) is 0 Å². The van der Waals surface area contributed by atoms with Crippen molar-refractivity contribution in [2.24, 2.45) is 5.92 Å². The summed E-state index contributed by atoms with van der Waals surface area (Å²) in [6.45, 7) is 4.96. The van der Waals surface area contributed by atoms with Gasteiger partial charge in [-0.2, -0.15) is 11.8 Å². The van der Waals surface area contributed by atoms with Gasteiger partial charge in [0, 0.05) is 18.8 Å². The Bertz CT molecular complexity index is 124. The number of hydrogen-bond donors (Lipinski definition) is 1. The van der Waals surface area contributed by atoms with E-state index in [1.54, 1.807) is 0 Å². The lowest BCUT2D eigenvalue weighted by molar-refractivity contribution is 0.253. The van der Waals surface area contributed by atoms with Gasteiger partial charge in [0.15, 0.2) is 0 Å². The van der Waals surface area contributed by atoms with Gasteiger partial charge in [0.2, 0.25) is 0 Å². The molecule has 1 heterocycles. The topological polar surface area (TPSA) is 15.3 Å². The third kappa shape index (κ3) is 4.89. The Labute approximate surface area is 86.5 Å². The maximum absolute atomic E-state index is 3.46. The van der Waals surface area contributed by atoms with Gasteiger partial charge in [-0.05, 0) is 45.2 Å². The lowest BCUT2D eigenvalue weighted by atomic mass is 9.99. The quantitative estimate of drug-likeness (QED) is 0.723. The average Bonchev–Trinajstić information content (AvgIpc) is 2.16. The van der Waals surface area contributed by atoms with Gasteiger partial charge in [-0.15, -0.1) is 0 Å². The normalized spacial score (nSPS) is 23.8. The van der Waals surface area contributed by atoms with E-state index in [0.717, 1.165) is 5.92 Å². The van der Waals surface area contributed by atoms with Crippen molar-refractivity contribution in [2.45, 2.75) is 12.8 Å². The third-order valence-electron chi connectivity index (χ3n) is 2.65. The lowest BCUT2D eigenvalue weighted by Gasteiger charge is -2.27. The molecule has 1 saturated heterocycles. The molecule has 0 aromatic heterocycles. The van der Waals surface area contributed by atoms with Crippen molar-refractivity contribution < 1.29 is 0 Å². The summed E-state index contributed by atoms with van der Waals surface area (Å²) in [5.41, 5.74) is 0. The van der Waals surface area contributed by atoms with Gasteiger partial charge < -0.3 is 10.2 Å². The number of rotatable bonds is 5. The van der Waals surface area contributed by atoms with Crippen molar-refractivity contribution >= 4 is 11.8 Å². The van der Waals surface area contributed by atoms with Crippen LogP contribution in [0.1, 0.15) is 12.8 Å². The van der Waals surface area contributed by atoms with Crippen LogP contribution >= 0.6 is 11.8 Å². The fourth-order valence-electron chi connectivity index (χ4n) is 1.86. The van der Waals surface area contributed by atoms with Crippen LogP contribution < -0.4 is 5.32 Å².